The summed E-state index contributed by atoms with van der Waals surface area (Å²) in [6.07, 6.45) is -0.449. The molecule has 0 radical (unpaired) electrons. The molecule has 0 aliphatic carbocycles. The maximum atomic E-state index is 12.7. The molecule has 0 aliphatic heterocycles. The van der Waals surface area contributed by atoms with Crippen molar-refractivity contribution in [3.05, 3.63) is 24.1 Å². The lowest BCUT2D eigenvalue weighted by molar-refractivity contribution is 0.201. The van der Waals surface area contributed by atoms with E-state index in [1.807, 2.05) is 0 Å². The van der Waals surface area contributed by atoms with E-state index in [1.165, 1.54) is 6.07 Å². The number of pyridine rings is 1. The van der Waals surface area contributed by atoms with Gasteiger partial charge in [0, 0.05) is 13.6 Å². The van der Waals surface area contributed by atoms with Gasteiger partial charge in [0.2, 0.25) is 5.95 Å². The van der Waals surface area contributed by atoms with Gasteiger partial charge in [-0.2, -0.15) is 4.39 Å². The Labute approximate surface area is 76.8 Å². The highest BCUT2D eigenvalue weighted by atomic mass is 19.1. The Morgan fingerprint density at radius 3 is 2.85 bits per heavy atom. The third-order valence-corrected chi connectivity index (χ3v) is 1.63. The molecular formula is C9H13FN2O. The van der Waals surface area contributed by atoms with Crippen LogP contribution in [0.2, 0.25) is 0 Å². The lowest BCUT2D eigenvalue weighted by atomic mass is 10.3. The van der Waals surface area contributed by atoms with Crippen LogP contribution < -0.4 is 4.90 Å². The van der Waals surface area contributed by atoms with E-state index in [4.69, 9.17) is 5.11 Å². The molecule has 1 aromatic rings. The van der Waals surface area contributed by atoms with E-state index in [0.717, 1.165) is 0 Å². The Bertz CT molecular complexity index is 278. The van der Waals surface area contributed by atoms with Crippen LogP contribution in [0, 0.1) is 5.95 Å². The highest BCUT2D eigenvalue weighted by Gasteiger charge is 2.05. The SMILES string of the molecule is CC(O)CN(C)c1cccc(F)n1. The lowest BCUT2D eigenvalue weighted by Crippen LogP contribution is -2.27. The summed E-state index contributed by atoms with van der Waals surface area (Å²) in [6.45, 7) is 2.12. The quantitative estimate of drug-likeness (QED) is 0.713. The predicted octanol–water partition coefficient (Wildman–Crippen LogP) is 1.04. The van der Waals surface area contributed by atoms with Gasteiger partial charge in [0.15, 0.2) is 0 Å². The van der Waals surface area contributed by atoms with E-state index in [-0.39, 0.29) is 0 Å². The molecule has 1 atom stereocenters. The molecular weight excluding hydrogens is 171 g/mol. The number of aliphatic hydroxyl groups excluding tert-OH is 1. The zero-order valence-corrected chi connectivity index (χ0v) is 7.74. The second-order valence-electron chi connectivity index (χ2n) is 3.05. The van der Waals surface area contributed by atoms with Gasteiger partial charge in [0.25, 0.3) is 0 Å². The Balaban J connectivity index is 2.71. The van der Waals surface area contributed by atoms with Crippen LogP contribution in [-0.4, -0.2) is 29.8 Å². The van der Waals surface area contributed by atoms with Crippen molar-refractivity contribution >= 4 is 5.82 Å². The third kappa shape index (κ3) is 2.99. The van der Waals surface area contributed by atoms with Crippen LogP contribution in [0.15, 0.2) is 18.2 Å². The first-order valence-corrected chi connectivity index (χ1v) is 4.11. The van der Waals surface area contributed by atoms with Crippen molar-refractivity contribution in [1.29, 1.82) is 0 Å². The summed E-state index contributed by atoms with van der Waals surface area (Å²) >= 11 is 0. The molecule has 0 aromatic carbocycles. The number of aliphatic hydroxyl groups is 1. The summed E-state index contributed by atoms with van der Waals surface area (Å²) in [5, 5.41) is 9.09. The fourth-order valence-electron chi connectivity index (χ4n) is 1.10. The van der Waals surface area contributed by atoms with Gasteiger partial charge >= 0.3 is 0 Å². The summed E-state index contributed by atoms with van der Waals surface area (Å²) in [6, 6.07) is 4.58. The summed E-state index contributed by atoms with van der Waals surface area (Å²) in [4.78, 5) is 5.38. The molecule has 0 spiro atoms. The second-order valence-corrected chi connectivity index (χ2v) is 3.05. The highest BCUT2D eigenvalue weighted by Crippen LogP contribution is 2.08. The molecule has 1 rings (SSSR count). The number of halogens is 1. The van der Waals surface area contributed by atoms with Crippen molar-refractivity contribution in [2.75, 3.05) is 18.5 Å². The minimum atomic E-state index is -0.505. The topological polar surface area (TPSA) is 36.4 Å². The van der Waals surface area contributed by atoms with Gasteiger partial charge in [-0.1, -0.05) is 6.07 Å². The number of likely N-dealkylation sites (N-methyl/N-ethyl adjacent to an activating group) is 1. The minimum Gasteiger partial charge on any atom is -0.392 e. The normalized spacial score (nSPS) is 12.6. The Morgan fingerprint density at radius 2 is 2.31 bits per heavy atom. The number of rotatable bonds is 3. The maximum absolute atomic E-state index is 12.7. The van der Waals surface area contributed by atoms with Gasteiger partial charge < -0.3 is 10.0 Å². The first-order valence-electron chi connectivity index (χ1n) is 4.11. The van der Waals surface area contributed by atoms with E-state index in [1.54, 1.807) is 31.0 Å². The lowest BCUT2D eigenvalue weighted by Gasteiger charge is -2.19. The van der Waals surface area contributed by atoms with E-state index in [2.05, 4.69) is 4.98 Å². The zero-order valence-electron chi connectivity index (χ0n) is 7.74. The molecule has 1 unspecified atom stereocenters. The molecule has 3 nitrogen and oxygen atoms in total. The molecule has 0 saturated carbocycles. The molecule has 1 N–H and O–H groups in total. The van der Waals surface area contributed by atoms with Crippen molar-refractivity contribution in [1.82, 2.24) is 4.98 Å². The molecule has 72 valence electrons. The first kappa shape index (κ1) is 9.92. The highest BCUT2D eigenvalue weighted by molar-refractivity contribution is 5.36. The zero-order chi connectivity index (χ0) is 9.84. The van der Waals surface area contributed by atoms with Crippen molar-refractivity contribution in [3.63, 3.8) is 0 Å². The average molecular weight is 184 g/mol. The number of hydrogen-bond donors (Lipinski definition) is 1. The predicted molar refractivity (Wildman–Crippen MR) is 49.1 cm³/mol. The van der Waals surface area contributed by atoms with Crippen LogP contribution in [-0.2, 0) is 0 Å². The van der Waals surface area contributed by atoms with Crippen LogP contribution in [0.3, 0.4) is 0 Å². The smallest absolute Gasteiger partial charge is 0.214 e. The van der Waals surface area contributed by atoms with Crippen molar-refractivity contribution in [2.24, 2.45) is 0 Å². The second kappa shape index (κ2) is 4.18. The number of hydrogen-bond acceptors (Lipinski definition) is 3. The van der Waals surface area contributed by atoms with Gasteiger partial charge in [-0.3, -0.25) is 0 Å². The van der Waals surface area contributed by atoms with Crippen LogP contribution in [0.4, 0.5) is 10.2 Å². The number of nitrogens with zero attached hydrogens (tertiary/aromatic N) is 2. The first-order chi connectivity index (χ1) is 6.09. The molecule has 4 heteroatoms. The van der Waals surface area contributed by atoms with Crippen LogP contribution >= 0.6 is 0 Å². The van der Waals surface area contributed by atoms with Gasteiger partial charge in [-0.05, 0) is 19.1 Å². The van der Waals surface area contributed by atoms with Crippen molar-refractivity contribution in [2.45, 2.75) is 13.0 Å². The van der Waals surface area contributed by atoms with Crippen molar-refractivity contribution < 1.29 is 9.50 Å². The minimum absolute atomic E-state index is 0.441. The fourth-order valence-corrected chi connectivity index (χ4v) is 1.10. The Morgan fingerprint density at radius 1 is 1.62 bits per heavy atom. The third-order valence-electron chi connectivity index (χ3n) is 1.63. The van der Waals surface area contributed by atoms with Crippen LogP contribution in [0.25, 0.3) is 0 Å². The largest absolute Gasteiger partial charge is 0.392 e. The Kier molecular flexibility index (Phi) is 3.19. The van der Waals surface area contributed by atoms with Crippen LogP contribution in [0.1, 0.15) is 6.92 Å². The molecule has 0 fully saturated rings. The monoisotopic (exact) mass is 184 g/mol. The molecule has 0 bridgehead atoms. The summed E-state index contributed by atoms with van der Waals surface area (Å²) in [5.74, 6) is 0.0239. The van der Waals surface area contributed by atoms with Gasteiger partial charge in [-0.25, -0.2) is 4.98 Å². The maximum Gasteiger partial charge on any atom is 0.214 e. The van der Waals surface area contributed by atoms with Crippen LogP contribution in [0.5, 0.6) is 0 Å². The molecule has 0 saturated heterocycles. The van der Waals surface area contributed by atoms with Crippen molar-refractivity contribution in [3.8, 4) is 0 Å². The molecule has 0 aliphatic rings. The van der Waals surface area contributed by atoms with E-state index >= 15 is 0 Å². The molecule has 0 amide bonds. The number of aromatic nitrogens is 1. The van der Waals surface area contributed by atoms with E-state index in [0.29, 0.717) is 12.4 Å². The fraction of sp³-hybridized carbons (Fsp3) is 0.444. The van der Waals surface area contributed by atoms with Gasteiger partial charge in [0.1, 0.15) is 5.82 Å². The van der Waals surface area contributed by atoms with E-state index < -0.39 is 12.1 Å². The van der Waals surface area contributed by atoms with Gasteiger partial charge in [0.05, 0.1) is 6.10 Å². The molecule has 13 heavy (non-hydrogen) atoms. The molecule has 1 heterocycles. The summed E-state index contributed by atoms with van der Waals surface area (Å²) in [5.41, 5.74) is 0. The number of anilines is 1. The average Bonchev–Trinajstić information content (AvgIpc) is 2.03. The van der Waals surface area contributed by atoms with Gasteiger partial charge in [-0.15, -0.1) is 0 Å². The molecule has 1 aromatic heterocycles. The van der Waals surface area contributed by atoms with E-state index in [9.17, 15) is 4.39 Å². The Hall–Kier alpha value is -1.16. The summed E-state index contributed by atoms with van der Waals surface area (Å²) in [7, 11) is 1.76. The summed E-state index contributed by atoms with van der Waals surface area (Å²) < 4.78 is 12.7. The standard InChI is InChI=1S/C9H13FN2O/c1-7(13)6-12(2)9-5-3-4-8(10)11-9/h3-5,7,13H,6H2,1-2H3.